The molecule has 0 saturated carbocycles. The number of benzene rings is 2. The number of ether oxygens (including phenoxy) is 3. The van der Waals surface area contributed by atoms with Gasteiger partial charge in [0.15, 0.2) is 11.5 Å². The minimum Gasteiger partial charge on any atom is -0.496 e. The molecule has 134 valence electrons. The summed E-state index contributed by atoms with van der Waals surface area (Å²) >= 11 is 0. The van der Waals surface area contributed by atoms with Gasteiger partial charge in [-0.25, -0.2) is 0 Å². The van der Waals surface area contributed by atoms with Crippen LogP contribution in [0.15, 0.2) is 42.5 Å². The second-order valence-electron chi connectivity index (χ2n) is 5.79. The van der Waals surface area contributed by atoms with Gasteiger partial charge in [0.2, 0.25) is 5.91 Å². The zero-order chi connectivity index (χ0) is 18.4. The van der Waals surface area contributed by atoms with E-state index in [1.54, 1.807) is 33.3 Å². The third-order valence-corrected chi connectivity index (χ3v) is 4.37. The van der Waals surface area contributed by atoms with Gasteiger partial charge in [-0.15, -0.1) is 0 Å². The van der Waals surface area contributed by atoms with Crippen molar-refractivity contribution in [3.05, 3.63) is 53.6 Å². The van der Waals surface area contributed by atoms with Gasteiger partial charge in [-0.1, -0.05) is 24.3 Å². The summed E-state index contributed by atoms with van der Waals surface area (Å²) in [5.41, 5.74) is 1.86. The summed E-state index contributed by atoms with van der Waals surface area (Å²) < 4.78 is 15.9. The van der Waals surface area contributed by atoms with Crippen molar-refractivity contribution in [2.75, 3.05) is 28.4 Å². The Morgan fingerprint density at radius 1 is 0.960 bits per heavy atom. The van der Waals surface area contributed by atoms with Crippen LogP contribution in [0.4, 0.5) is 0 Å². The molecule has 2 rings (SSSR count). The number of hydrogen-bond acceptors (Lipinski definition) is 4. The lowest BCUT2D eigenvalue weighted by atomic mass is 10.0. The number of rotatable bonds is 7. The summed E-state index contributed by atoms with van der Waals surface area (Å²) in [7, 11) is 6.61. The molecule has 0 N–H and O–H groups in total. The lowest BCUT2D eigenvalue weighted by Crippen LogP contribution is -2.31. The second kappa shape index (κ2) is 8.42. The van der Waals surface area contributed by atoms with E-state index in [1.807, 2.05) is 49.4 Å². The maximum Gasteiger partial charge on any atom is 0.227 e. The first-order valence-corrected chi connectivity index (χ1v) is 8.11. The average Bonchev–Trinajstić information content (AvgIpc) is 2.66. The molecule has 2 aromatic rings. The molecule has 5 heteroatoms. The fourth-order valence-electron chi connectivity index (χ4n) is 2.73. The van der Waals surface area contributed by atoms with Crippen molar-refractivity contribution in [2.45, 2.75) is 19.4 Å². The van der Waals surface area contributed by atoms with Crippen molar-refractivity contribution in [3.63, 3.8) is 0 Å². The number of carbonyl (C=O) groups excluding carboxylic acids is 1. The highest BCUT2D eigenvalue weighted by atomic mass is 16.5. The van der Waals surface area contributed by atoms with E-state index < -0.39 is 0 Å². The van der Waals surface area contributed by atoms with E-state index in [0.717, 1.165) is 16.9 Å². The van der Waals surface area contributed by atoms with Gasteiger partial charge in [0.25, 0.3) is 0 Å². The predicted molar refractivity (Wildman–Crippen MR) is 97.4 cm³/mol. The molecule has 0 radical (unpaired) electrons. The Morgan fingerprint density at radius 3 is 2.24 bits per heavy atom. The summed E-state index contributed by atoms with van der Waals surface area (Å²) in [6, 6.07) is 13.2. The van der Waals surface area contributed by atoms with Crippen LogP contribution in [0.1, 0.15) is 24.1 Å². The third kappa shape index (κ3) is 4.24. The highest BCUT2D eigenvalue weighted by Gasteiger charge is 2.20. The van der Waals surface area contributed by atoms with E-state index >= 15 is 0 Å². The standard InChI is InChI=1S/C20H25NO4/c1-14(16-8-6-7-9-17(16)23-3)21(2)20(22)13-15-10-11-18(24-4)19(12-15)25-5/h6-12,14H,13H2,1-5H3. The minimum absolute atomic E-state index is 0.0191. The Bertz CT molecular complexity index is 729. The van der Waals surface area contributed by atoms with Crippen LogP contribution in [0.25, 0.3) is 0 Å². The summed E-state index contributed by atoms with van der Waals surface area (Å²) in [6.07, 6.45) is 0.288. The molecular weight excluding hydrogens is 318 g/mol. The van der Waals surface area contributed by atoms with Crippen LogP contribution in [0.5, 0.6) is 17.2 Å². The first kappa shape index (κ1) is 18.6. The number of likely N-dealkylation sites (N-methyl/N-ethyl adjacent to an activating group) is 1. The van der Waals surface area contributed by atoms with Gasteiger partial charge in [0.05, 0.1) is 33.8 Å². The lowest BCUT2D eigenvalue weighted by molar-refractivity contribution is -0.131. The largest absolute Gasteiger partial charge is 0.496 e. The molecule has 0 aliphatic rings. The number of para-hydroxylation sites is 1. The van der Waals surface area contributed by atoms with Crippen molar-refractivity contribution in [2.24, 2.45) is 0 Å². The topological polar surface area (TPSA) is 48.0 Å². The molecule has 0 bridgehead atoms. The van der Waals surface area contributed by atoms with Crippen molar-refractivity contribution in [1.82, 2.24) is 4.90 Å². The summed E-state index contributed by atoms with van der Waals surface area (Å²) in [4.78, 5) is 14.4. The third-order valence-electron chi connectivity index (χ3n) is 4.37. The van der Waals surface area contributed by atoms with Crippen molar-refractivity contribution in [3.8, 4) is 17.2 Å². The van der Waals surface area contributed by atoms with Crippen molar-refractivity contribution < 1.29 is 19.0 Å². The molecule has 1 amide bonds. The Morgan fingerprint density at radius 2 is 1.60 bits per heavy atom. The van der Waals surface area contributed by atoms with Gasteiger partial charge in [-0.3, -0.25) is 4.79 Å². The quantitative estimate of drug-likeness (QED) is 0.772. The maximum absolute atomic E-state index is 12.7. The predicted octanol–water partition coefficient (Wildman–Crippen LogP) is 3.47. The zero-order valence-corrected chi connectivity index (χ0v) is 15.4. The van der Waals surface area contributed by atoms with E-state index in [-0.39, 0.29) is 18.4 Å². The monoisotopic (exact) mass is 343 g/mol. The van der Waals surface area contributed by atoms with Crippen molar-refractivity contribution >= 4 is 5.91 Å². The van der Waals surface area contributed by atoms with Gasteiger partial charge in [-0.05, 0) is 30.7 Å². The normalized spacial score (nSPS) is 11.6. The number of amides is 1. The van der Waals surface area contributed by atoms with Gasteiger partial charge in [0, 0.05) is 12.6 Å². The van der Waals surface area contributed by atoms with Crippen molar-refractivity contribution in [1.29, 1.82) is 0 Å². The van der Waals surface area contributed by atoms with Gasteiger partial charge < -0.3 is 19.1 Å². The molecule has 5 nitrogen and oxygen atoms in total. The first-order valence-electron chi connectivity index (χ1n) is 8.11. The molecule has 0 spiro atoms. The Kier molecular flexibility index (Phi) is 6.28. The molecule has 25 heavy (non-hydrogen) atoms. The maximum atomic E-state index is 12.7. The SMILES string of the molecule is COc1ccc(CC(=O)N(C)C(C)c2ccccc2OC)cc1OC. The number of hydrogen-bond donors (Lipinski definition) is 0. The van der Waals surface area contributed by atoms with E-state index in [4.69, 9.17) is 14.2 Å². The van der Waals surface area contributed by atoms with Crippen LogP contribution in [-0.2, 0) is 11.2 Å². The molecule has 1 unspecified atom stereocenters. The van der Waals surface area contributed by atoms with Crippen LogP contribution in [0.3, 0.4) is 0 Å². The number of nitrogens with zero attached hydrogens (tertiary/aromatic N) is 1. The average molecular weight is 343 g/mol. The molecule has 0 aliphatic heterocycles. The van der Waals surface area contributed by atoms with E-state index in [1.165, 1.54) is 0 Å². The number of methoxy groups -OCH3 is 3. The Hall–Kier alpha value is -2.69. The number of carbonyl (C=O) groups is 1. The van der Waals surface area contributed by atoms with Crippen LogP contribution >= 0.6 is 0 Å². The molecule has 0 heterocycles. The van der Waals surface area contributed by atoms with Crippen LogP contribution in [0.2, 0.25) is 0 Å². The minimum atomic E-state index is -0.0937. The zero-order valence-electron chi connectivity index (χ0n) is 15.4. The molecule has 1 atom stereocenters. The van der Waals surface area contributed by atoms with Gasteiger partial charge >= 0.3 is 0 Å². The molecular formula is C20H25NO4. The molecule has 2 aromatic carbocycles. The molecule has 0 saturated heterocycles. The smallest absolute Gasteiger partial charge is 0.227 e. The highest BCUT2D eigenvalue weighted by molar-refractivity contribution is 5.79. The molecule has 0 fully saturated rings. The van der Waals surface area contributed by atoms with Crippen LogP contribution < -0.4 is 14.2 Å². The first-order chi connectivity index (χ1) is 12.0. The fourth-order valence-corrected chi connectivity index (χ4v) is 2.73. The van der Waals surface area contributed by atoms with Crippen LogP contribution in [0, 0.1) is 0 Å². The lowest BCUT2D eigenvalue weighted by Gasteiger charge is -2.26. The molecule has 0 aliphatic carbocycles. The van der Waals surface area contributed by atoms with E-state index in [0.29, 0.717) is 11.5 Å². The highest BCUT2D eigenvalue weighted by Crippen LogP contribution is 2.30. The van der Waals surface area contributed by atoms with E-state index in [9.17, 15) is 4.79 Å². The van der Waals surface area contributed by atoms with E-state index in [2.05, 4.69) is 0 Å². The Balaban J connectivity index is 2.14. The van der Waals surface area contributed by atoms with Gasteiger partial charge in [-0.2, -0.15) is 0 Å². The van der Waals surface area contributed by atoms with Gasteiger partial charge in [0.1, 0.15) is 5.75 Å². The summed E-state index contributed by atoms with van der Waals surface area (Å²) in [5, 5.41) is 0. The Labute approximate surface area is 149 Å². The summed E-state index contributed by atoms with van der Waals surface area (Å²) in [6.45, 7) is 1.99. The molecule has 0 aromatic heterocycles. The fraction of sp³-hybridized carbons (Fsp3) is 0.350. The van der Waals surface area contributed by atoms with Crippen LogP contribution in [-0.4, -0.2) is 39.2 Å². The summed E-state index contributed by atoms with van der Waals surface area (Å²) in [5.74, 6) is 2.06. The second-order valence-corrected chi connectivity index (χ2v) is 5.79.